The van der Waals surface area contributed by atoms with Gasteiger partial charge in [-0.3, -0.25) is 4.79 Å². The number of thiophene rings is 1. The van der Waals surface area contributed by atoms with Gasteiger partial charge in [0.1, 0.15) is 10.3 Å². The van der Waals surface area contributed by atoms with E-state index in [0.717, 1.165) is 32.3 Å². The predicted molar refractivity (Wildman–Crippen MR) is 130 cm³/mol. The molecular formula is C22H20ClN3O3S3. The highest BCUT2D eigenvalue weighted by Crippen LogP contribution is 2.33. The number of hydrogen-bond donors (Lipinski definition) is 0. The molecule has 0 saturated carbocycles. The average molecular weight is 506 g/mol. The molecule has 1 fully saturated rings. The highest BCUT2D eigenvalue weighted by Gasteiger charge is 2.40. The molecule has 10 heteroatoms. The van der Waals surface area contributed by atoms with Gasteiger partial charge in [-0.2, -0.15) is 9.30 Å². The molecule has 0 aliphatic carbocycles. The summed E-state index contributed by atoms with van der Waals surface area (Å²) < 4.78 is 31.1. The summed E-state index contributed by atoms with van der Waals surface area (Å²) in [7, 11) is -3.79. The number of amides is 1. The second-order valence-corrected chi connectivity index (χ2v) is 12.4. The van der Waals surface area contributed by atoms with E-state index in [9.17, 15) is 13.2 Å². The second kappa shape index (κ2) is 8.39. The van der Waals surface area contributed by atoms with Crippen molar-refractivity contribution in [2.75, 3.05) is 6.54 Å². The second-order valence-electron chi connectivity index (χ2n) is 7.55. The Bertz CT molecular complexity index is 1520. The topological polar surface area (TPSA) is 71.7 Å². The van der Waals surface area contributed by atoms with Crippen molar-refractivity contribution in [1.82, 2.24) is 8.87 Å². The summed E-state index contributed by atoms with van der Waals surface area (Å²) >= 11 is 8.41. The Balaban J connectivity index is 1.57. The van der Waals surface area contributed by atoms with Crippen LogP contribution in [0.15, 0.2) is 57.7 Å². The molecule has 0 N–H and O–H groups in total. The molecule has 1 aliphatic heterocycles. The number of carbonyl (C=O) groups excluding carboxylic acids is 1. The molecule has 3 heterocycles. The van der Waals surface area contributed by atoms with E-state index in [0.29, 0.717) is 35.1 Å². The number of hydrogen-bond acceptors (Lipinski definition) is 5. The lowest BCUT2D eigenvalue weighted by molar-refractivity contribution is -0.121. The van der Waals surface area contributed by atoms with Crippen LogP contribution in [0.4, 0.5) is 0 Å². The van der Waals surface area contributed by atoms with Gasteiger partial charge in [-0.15, -0.1) is 11.3 Å². The summed E-state index contributed by atoms with van der Waals surface area (Å²) in [5, 5.41) is 2.25. The SMILES string of the molecule is CCn1c(=NC(=O)C2CCCN2S(=O)(=O)c2ccc(Cl)s2)sc2c3ccccc3ccc21. The van der Waals surface area contributed by atoms with Gasteiger partial charge < -0.3 is 4.57 Å². The minimum Gasteiger partial charge on any atom is -0.317 e. The van der Waals surface area contributed by atoms with Crippen molar-refractivity contribution in [3.05, 3.63) is 57.7 Å². The van der Waals surface area contributed by atoms with Crippen LogP contribution in [0, 0.1) is 0 Å². The minimum atomic E-state index is -3.79. The molecule has 0 bridgehead atoms. The Morgan fingerprint density at radius 1 is 1.16 bits per heavy atom. The van der Waals surface area contributed by atoms with E-state index in [-0.39, 0.29) is 4.21 Å². The Morgan fingerprint density at radius 3 is 2.72 bits per heavy atom. The zero-order valence-corrected chi connectivity index (χ0v) is 20.4. The number of carbonyl (C=O) groups is 1. The number of sulfonamides is 1. The number of benzene rings is 2. The molecular weight excluding hydrogens is 486 g/mol. The maximum Gasteiger partial charge on any atom is 0.266 e. The Morgan fingerprint density at radius 2 is 1.97 bits per heavy atom. The van der Waals surface area contributed by atoms with Crippen molar-refractivity contribution >= 4 is 71.2 Å². The monoisotopic (exact) mass is 505 g/mol. The smallest absolute Gasteiger partial charge is 0.266 e. The first-order valence-corrected chi connectivity index (χ1v) is 13.7. The van der Waals surface area contributed by atoms with Crippen molar-refractivity contribution in [3.8, 4) is 0 Å². The standard InChI is InChI=1S/C22H20ClN3O3S3/c1-2-25-16-10-9-14-6-3-4-7-15(14)20(16)31-22(25)24-21(27)17-8-5-13-26(17)32(28,29)19-12-11-18(23)30-19/h3-4,6-7,9-12,17H,2,5,8,13H2,1H3. The zero-order valence-electron chi connectivity index (χ0n) is 17.2. The molecule has 166 valence electrons. The van der Waals surface area contributed by atoms with Crippen LogP contribution >= 0.6 is 34.3 Å². The van der Waals surface area contributed by atoms with Crippen molar-refractivity contribution in [2.24, 2.45) is 4.99 Å². The zero-order chi connectivity index (χ0) is 22.5. The van der Waals surface area contributed by atoms with Crippen LogP contribution in [-0.4, -0.2) is 35.8 Å². The van der Waals surface area contributed by atoms with Gasteiger partial charge in [0.15, 0.2) is 4.80 Å². The predicted octanol–water partition coefficient (Wildman–Crippen LogP) is 4.87. The Hall–Kier alpha value is -2.04. The van der Waals surface area contributed by atoms with Crippen LogP contribution in [0.2, 0.25) is 4.34 Å². The molecule has 0 radical (unpaired) electrons. The summed E-state index contributed by atoms with van der Waals surface area (Å²) in [5.74, 6) is -0.424. The number of halogens is 1. The fraction of sp³-hybridized carbons (Fsp3) is 0.273. The number of thiazole rings is 1. The van der Waals surface area contributed by atoms with E-state index in [1.807, 2.05) is 29.7 Å². The molecule has 32 heavy (non-hydrogen) atoms. The number of fused-ring (bicyclic) bond motifs is 3. The first-order chi connectivity index (χ1) is 15.4. The fourth-order valence-electron chi connectivity index (χ4n) is 4.18. The van der Waals surface area contributed by atoms with Crippen LogP contribution in [0.3, 0.4) is 0 Å². The summed E-state index contributed by atoms with van der Waals surface area (Å²) in [4.78, 5) is 18.2. The Labute approximate surface area is 198 Å². The summed E-state index contributed by atoms with van der Waals surface area (Å²) in [6.07, 6.45) is 1.08. The molecule has 1 atom stereocenters. The lowest BCUT2D eigenvalue weighted by atomic mass is 10.1. The number of aryl methyl sites for hydroxylation is 1. The molecule has 1 aliphatic rings. The van der Waals surface area contributed by atoms with Gasteiger partial charge in [-0.05, 0) is 43.4 Å². The van der Waals surface area contributed by atoms with E-state index in [1.165, 1.54) is 21.7 Å². The molecule has 1 saturated heterocycles. The molecule has 6 nitrogen and oxygen atoms in total. The number of aromatic nitrogens is 1. The van der Waals surface area contributed by atoms with E-state index >= 15 is 0 Å². The maximum atomic E-state index is 13.2. The van der Waals surface area contributed by atoms with Gasteiger partial charge in [-0.25, -0.2) is 8.42 Å². The quantitative estimate of drug-likeness (QED) is 0.397. The van der Waals surface area contributed by atoms with E-state index in [2.05, 4.69) is 23.2 Å². The minimum absolute atomic E-state index is 0.152. The van der Waals surface area contributed by atoms with Gasteiger partial charge in [0.25, 0.3) is 15.9 Å². The van der Waals surface area contributed by atoms with Crippen LogP contribution < -0.4 is 4.80 Å². The summed E-state index contributed by atoms with van der Waals surface area (Å²) in [6.45, 7) is 2.97. The molecule has 5 rings (SSSR count). The van der Waals surface area contributed by atoms with Crippen LogP contribution in [0.1, 0.15) is 19.8 Å². The van der Waals surface area contributed by atoms with Crippen molar-refractivity contribution in [3.63, 3.8) is 0 Å². The summed E-state index contributed by atoms with van der Waals surface area (Å²) in [5.41, 5.74) is 1.02. The Kier molecular flexibility index (Phi) is 5.71. The van der Waals surface area contributed by atoms with E-state index < -0.39 is 22.0 Å². The lowest BCUT2D eigenvalue weighted by Gasteiger charge is -2.20. The molecule has 2 aromatic heterocycles. The fourth-order valence-corrected chi connectivity index (χ4v) is 8.68. The highest BCUT2D eigenvalue weighted by atomic mass is 35.5. The van der Waals surface area contributed by atoms with E-state index in [1.54, 1.807) is 6.07 Å². The first kappa shape index (κ1) is 21.8. The average Bonchev–Trinajstić information content (AvgIpc) is 3.51. The van der Waals surface area contributed by atoms with Crippen molar-refractivity contribution < 1.29 is 13.2 Å². The van der Waals surface area contributed by atoms with Gasteiger partial charge in [0, 0.05) is 18.5 Å². The molecule has 1 unspecified atom stereocenters. The highest BCUT2D eigenvalue weighted by molar-refractivity contribution is 7.91. The normalized spacial score (nSPS) is 18.2. The summed E-state index contributed by atoms with van der Waals surface area (Å²) in [6, 6.07) is 14.5. The first-order valence-electron chi connectivity index (χ1n) is 10.3. The molecule has 0 spiro atoms. The third-order valence-corrected chi connectivity index (χ3v) is 10.4. The molecule has 1 amide bonds. The van der Waals surface area contributed by atoms with Gasteiger partial charge in [-0.1, -0.05) is 53.3 Å². The number of nitrogens with zero attached hydrogens (tertiary/aromatic N) is 3. The molecule has 2 aromatic carbocycles. The largest absolute Gasteiger partial charge is 0.317 e. The van der Waals surface area contributed by atoms with Crippen LogP contribution in [0.25, 0.3) is 21.0 Å². The third kappa shape index (κ3) is 3.62. The van der Waals surface area contributed by atoms with Gasteiger partial charge in [0.2, 0.25) is 0 Å². The maximum absolute atomic E-state index is 13.2. The van der Waals surface area contributed by atoms with Crippen LogP contribution in [0.5, 0.6) is 0 Å². The third-order valence-electron chi connectivity index (χ3n) is 5.70. The van der Waals surface area contributed by atoms with Crippen molar-refractivity contribution in [1.29, 1.82) is 0 Å². The van der Waals surface area contributed by atoms with E-state index in [4.69, 9.17) is 11.6 Å². The lowest BCUT2D eigenvalue weighted by Crippen LogP contribution is -2.40. The van der Waals surface area contributed by atoms with Gasteiger partial charge >= 0.3 is 0 Å². The molecule has 4 aromatic rings. The van der Waals surface area contributed by atoms with Crippen molar-refractivity contribution in [2.45, 2.75) is 36.6 Å². The van der Waals surface area contributed by atoms with Gasteiger partial charge in [0.05, 0.1) is 14.6 Å². The number of rotatable bonds is 4. The van der Waals surface area contributed by atoms with Crippen LogP contribution in [-0.2, 0) is 21.4 Å².